The molecule has 1 aliphatic heterocycles. The van der Waals surface area contributed by atoms with Gasteiger partial charge in [0, 0.05) is 21.4 Å². The Kier molecular flexibility index (Phi) is 6.86. The van der Waals surface area contributed by atoms with E-state index in [1.165, 1.54) is 9.80 Å². The van der Waals surface area contributed by atoms with E-state index in [0.717, 1.165) is 0 Å². The lowest BCUT2D eigenvalue weighted by Crippen LogP contribution is -2.53. The lowest BCUT2D eigenvalue weighted by Gasteiger charge is -2.31. The number of nitrogens with two attached hydrogens (primary N) is 1. The van der Waals surface area contributed by atoms with Crippen molar-refractivity contribution in [1.82, 2.24) is 15.4 Å². The van der Waals surface area contributed by atoms with Crippen LogP contribution < -0.4 is 21.5 Å². The number of nitrogens with one attached hydrogen (secondary N) is 2. The summed E-state index contributed by atoms with van der Waals surface area (Å²) in [6, 6.07) is 10.3. The van der Waals surface area contributed by atoms with Crippen molar-refractivity contribution in [1.29, 1.82) is 0 Å². The summed E-state index contributed by atoms with van der Waals surface area (Å²) in [7, 11) is 0. The third kappa shape index (κ3) is 4.83. The predicted octanol–water partition coefficient (Wildman–Crippen LogP) is 2.86. The Morgan fingerprint density at radius 2 is 1.65 bits per heavy atom. The third-order valence-corrected chi connectivity index (χ3v) is 5.28. The van der Waals surface area contributed by atoms with Gasteiger partial charge < -0.3 is 10.2 Å². The first kappa shape index (κ1) is 22.6. The molecule has 31 heavy (non-hydrogen) atoms. The highest BCUT2D eigenvalue weighted by atomic mass is 35.5. The molecule has 2 atom stereocenters. The van der Waals surface area contributed by atoms with Crippen molar-refractivity contribution in [3.05, 3.63) is 58.6 Å². The van der Waals surface area contributed by atoms with Gasteiger partial charge in [-0.3, -0.25) is 20.3 Å². The molecule has 2 aromatic carbocycles. The van der Waals surface area contributed by atoms with Crippen molar-refractivity contribution in [2.24, 2.45) is 5.84 Å². The molecule has 164 valence electrons. The van der Waals surface area contributed by atoms with Crippen LogP contribution in [0, 0.1) is 0 Å². The monoisotopic (exact) mass is 466 g/mol. The first-order valence-corrected chi connectivity index (χ1v) is 9.88. The Labute approximate surface area is 188 Å². The van der Waals surface area contributed by atoms with E-state index in [1.54, 1.807) is 55.5 Å². The fourth-order valence-corrected chi connectivity index (χ4v) is 3.48. The summed E-state index contributed by atoms with van der Waals surface area (Å²) in [6.07, 6.45) is -1.15. The van der Waals surface area contributed by atoms with Crippen LogP contribution in [0.25, 0.3) is 0 Å². The van der Waals surface area contributed by atoms with Gasteiger partial charge in [-0.2, -0.15) is 5.06 Å². The van der Waals surface area contributed by atoms with E-state index in [-0.39, 0.29) is 6.54 Å². The molecule has 3 rings (SSSR count). The molecular formula is C19H20Cl2N6O4. The maximum absolute atomic E-state index is 13.1. The quantitative estimate of drug-likeness (QED) is 0.233. The van der Waals surface area contributed by atoms with Crippen LogP contribution in [0.5, 0.6) is 0 Å². The van der Waals surface area contributed by atoms with Crippen molar-refractivity contribution < 1.29 is 19.6 Å². The zero-order valence-electron chi connectivity index (χ0n) is 16.3. The van der Waals surface area contributed by atoms with Gasteiger partial charge in [0.15, 0.2) is 6.17 Å². The van der Waals surface area contributed by atoms with E-state index in [2.05, 4.69) is 5.32 Å². The van der Waals surface area contributed by atoms with Crippen molar-refractivity contribution in [2.45, 2.75) is 19.1 Å². The molecule has 0 bridgehead atoms. The summed E-state index contributed by atoms with van der Waals surface area (Å²) < 4.78 is 0. The van der Waals surface area contributed by atoms with Crippen LogP contribution in [0.4, 0.5) is 21.0 Å². The average Bonchev–Trinajstić information content (AvgIpc) is 2.99. The first-order chi connectivity index (χ1) is 14.7. The first-order valence-electron chi connectivity index (χ1n) is 9.12. The molecule has 2 unspecified atom stereocenters. The van der Waals surface area contributed by atoms with Crippen molar-refractivity contribution in [3.63, 3.8) is 0 Å². The van der Waals surface area contributed by atoms with Gasteiger partial charge in [-0.05, 0) is 55.5 Å². The van der Waals surface area contributed by atoms with E-state index in [0.29, 0.717) is 26.5 Å². The third-order valence-electron chi connectivity index (χ3n) is 4.77. The SMILES string of the molecule is CC1C(N(O)C(=O)Nc2ccc(Cl)cc2)N(c2ccc(Cl)cc2)C(=O)N1CC(=O)NN. The number of urea groups is 2. The molecule has 12 heteroatoms. The summed E-state index contributed by atoms with van der Waals surface area (Å²) in [6.45, 7) is 1.24. The van der Waals surface area contributed by atoms with Gasteiger partial charge in [-0.1, -0.05) is 23.2 Å². The number of carbonyl (C=O) groups is 3. The molecule has 0 saturated carbocycles. The Balaban J connectivity index is 1.91. The molecule has 1 aliphatic rings. The second kappa shape index (κ2) is 9.40. The Morgan fingerprint density at radius 3 is 2.19 bits per heavy atom. The van der Waals surface area contributed by atoms with E-state index in [1.807, 2.05) is 5.43 Å². The summed E-state index contributed by atoms with van der Waals surface area (Å²) in [5.41, 5.74) is 2.73. The second-order valence-electron chi connectivity index (χ2n) is 6.76. The van der Waals surface area contributed by atoms with E-state index < -0.39 is 30.2 Å². The number of hydroxylamine groups is 2. The average molecular weight is 467 g/mol. The maximum Gasteiger partial charge on any atom is 0.347 e. The zero-order chi connectivity index (χ0) is 22.7. The van der Waals surface area contributed by atoms with Gasteiger partial charge in [0.1, 0.15) is 6.54 Å². The summed E-state index contributed by atoms with van der Waals surface area (Å²) in [4.78, 5) is 40.0. The number of benzene rings is 2. The summed E-state index contributed by atoms with van der Waals surface area (Å²) >= 11 is 11.8. The molecular weight excluding hydrogens is 447 g/mol. The Hall–Kier alpha value is -3.05. The summed E-state index contributed by atoms with van der Waals surface area (Å²) in [5, 5.41) is 14.6. The molecule has 0 spiro atoms. The van der Waals surface area contributed by atoms with Crippen molar-refractivity contribution in [3.8, 4) is 0 Å². The molecule has 0 aliphatic carbocycles. The molecule has 0 aromatic heterocycles. The zero-order valence-corrected chi connectivity index (χ0v) is 17.8. The number of anilines is 2. The van der Waals surface area contributed by atoms with Crippen LogP contribution >= 0.6 is 23.2 Å². The van der Waals surface area contributed by atoms with Crippen LogP contribution in [0.3, 0.4) is 0 Å². The minimum absolute atomic E-state index is 0.357. The molecule has 0 radical (unpaired) electrons. The number of halogens is 2. The molecule has 1 heterocycles. The number of hydrogen-bond acceptors (Lipinski definition) is 5. The maximum atomic E-state index is 13.1. The van der Waals surface area contributed by atoms with E-state index in [4.69, 9.17) is 29.0 Å². The number of rotatable bonds is 5. The van der Waals surface area contributed by atoms with Crippen molar-refractivity contribution >= 4 is 52.5 Å². The highest BCUT2D eigenvalue weighted by Crippen LogP contribution is 2.31. The number of carbonyl (C=O) groups excluding carboxylic acids is 3. The van der Waals surface area contributed by atoms with Gasteiger partial charge >= 0.3 is 12.1 Å². The van der Waals surface area contributed by atoms with Crippen LogP contribution in [0.15, 0.2) is 48.5 Å². The van der Waals surface area contributed by atoms with Gasteiger partial charge in [0.05, 0.1) is 6.04 Å². The van der Waals surface area contributed by atoms with E-state index >= 15 is 0 Å². The molecule has 1 fully saturated rings. The lowest BCUT2D eigenvalue weighted by molar-refractivity contribution is -0.122. The lowest BCUT2D eigenvalue weighted by atomic mass is 10.2. The molecule has 2 aromatic rings. The normalized spacial score (nSPS) is 18.2. The van der Waals surface area contributed by atoms with Gasteiger partial charge in [-0.15, -0.1) is 0 Å². The molecule has 5 amide bonds. The van der Waals surface area contributed by atoms with Gasteiger partial charge in [0.2, 0.25) is 0 Å². The minimum Gasteiger partial charge on any atom is -0.308 e. The Morgan fingerprint density at radius 1 is 1.10 bits per heavy atom. The highest BCUT2D eigenvalue weighted by Gasteiger charge is 2.49. The number of hydrogen-bond donors (Lipinski definition) is 4. The second-order valence-corrected chi connectivity index (χ2v) is 7.63. The minimum atomic E-state index is -1.15. The highest BCUT2D eigenvalue weighted by molar-refractivity contribution is 6.31. The van der Waals surface area contributed by atoms with Crippen LogP contribution in [-0.2, 0) is 4.79 Å². The standard InChI is InChI=1S/C19H20Cl2N6O4/c1-11-17(27(31)18(29)23-14-6-2-12(20)3-7-14)26(15-8-4-13(21)5-9-15)19(30)25(11)10-16(28)24-22/h2-9,11,17,31H,10,22H2,1H3,(H,23,29)(H,24,28). The number of amides is 5. The molecule has 1 saturated heterocycles. The largest absolute Gasteiger partial charge is 0.347 e. The summed E-state index contributed by atoms with van der Waals surface area (Å²) in [5.74, 6) is 4.54. The fourth-order valence-electron chi connectivity index (χ4n) is 3.23. The smallest absolute Gasteiger partial charge is 0.308 e. The van der Waals surface area contributed by atoms with Crippen LogP contribution in [0.1, 0.15) is 6.92 Å². The van der Waals surface area contributed by atoms with Gasteiger partial charge in [-0.25, -0.2) is 15.4 Å². The molecule has 10 nitrogen and oxygen atoms in total. The topological polar surface area (TPSA) is 131 Å². The van der Waals surface area contributed by atoms with Crippen molar-refractivity contribution in [2.75, 3.05) is 16.8 Å². The van der Waals surface area contributed by atoms with Crippen LogP contribution in [-0.4, -0.2) is 51.9 Å². The van der Waals surface area contributed by atoms with Gasteiger partial charge in [0.25, 0.3) is 5.91 Å². The predicted molar refractivity (Wildman–Crippen MR) is 116 cm³/mol. The van der Waals surface area contributed by atoms with E-state index in [9.17, 15) is 19.6 Å². The fraction of sp³-hybridized carbons (Fsp3) is 0.211. The number of nitrogens with zero attached hydrogens (tertiary/aromatic N) is 3. The number of hydrazine groups is 1. The van der Waals surface area contributed by atoms with Crippen LogP contribution in [0.2, 0.25) is 10.0 Å². The molecule has 5 N–H and O–H groups in total. The Bertz CT molecular complexity index is 972.